The molecule has 0 amide bonds. The van der Waals surface area contributed by atoms with E-state index in [1.165, 1.54) is 5.56 Å². The molecular weight excluding hydrogens is 212 g/mol. The first-order chi connectivity index (χ1) is 8.27. The summed E-state index contributed by atoms with van der Waals surface area (Å²) in [7, 11) is 0. The van der Waals surface area contributed by atoms with Crippen LogP contribution in [-0.4, -0.2) is 9.55 Å². The van der Waals surface area contributed by atoms with E-state index in [1.807, 2.05) is 35.2 Å². The molecule has 0 bridgehead atoms. The van der Waals surface area contributed by atoms with Gasteiger partial charge in [0.15, 0.2) is 0 Å². The molecule has 0 N–H and O–H groups in total. The van der Waals surface area contributed by atoms with E-state index in [0.717, 1.165) is 5.82 Å². The van der Waals surface area contributed by atoms with Gasteiger partial charge in [0.25, 0.3) is 0 Å². The summed E-state index contributed by atoms with van der Waals surface area (Å²) in [6.07, 6.45) is 3.78. The van der Waals surface area contributed by atoms with E-state index in [1.54, 1.807) is 0 Å². The Morgan fingerprint density at radius 2 is 2.00 bits per heavy atom. The lowest BCUT2D eigenvalue weighted by atomic mass is 10.2. The lowest BCUT2D eigenvalue weighted by molar-refractivity contribution is 0.0617. The van der Waals surface area contributed by atoms with Gasteiger partial charge in [-0.1, -0.05) is 44.2 Å². The molecule has 1 heterocycles. The number of aromatic nitrogens is 2. The second-order valence-corrected chi connectivity index (χ2v) is 4.37. The normalized spacial score (nSPS) is 11.0. The zero-order valence-corrected chi connectivity index (χ0v) is 10.3. The number of rotatable bonds is 5. The summed E-state index contributed by atoms with van der Waals surface area (Å²) >= 11 is 0. The van der Waals surface area contributed by atoms with Gasteiger partial charge < -0.3 is 9.30 Å². The van der Waals surface area contributed by atoms with Crippen molar-refractivity contribution < 1.29 is 4.74 Å². The summed E-state index contributed by atoms with van der Waals surface area (Å²) in [6, 6.07) is 10.2. The minimum absolute atomic E-state index is 0.422. The molecule has 2 rings (SSSR count). The SMILES string of the molecule is CC(C)c1nccn1COCc1ccccc1. The van der Waals surface area contributed by atoms with Crippen LogP contribution in [-0.2, 0) is 18.1 Å². The largest absolute Gasteiger partial charge is 0.356 e. The van der Waals surface area contributed by atoms with Crippen molar-refractivity contribution in [2.45, 2.75) is 33.1 Å². The van der Waals surface area contributed by atoms with Crippen molar-refractivity contribution in [3.8, 4) is 0 Å². The Bertz CT molecular complexity index is 448. The van der Waals surface area contributed by atoms with Crippen LogP contribution in [0.3, 0.4) is 0 Å². The summed E-state index contributed by atoms with van der Waals surface area (Å²) in [6.45, 7) is 5.46. The number of ether oxygens (including phenoxy) is 1. The quantitative estimate of drug-likeness (QED) is 0.788. The van der Waals surface area contributed by atoms with Crippen molar-refractivity contribution in [3.05, 3.63) is 54.1 Å². The predicted molar refractivity (Wildman–Crippen MR) is 67.5 cm³/mol. The van der Waals surface area contributed by atoms with Crippen LogP contribution in [0.15, 0.2) is 42.7 Å². The highest BCUT2D eigenvalue weighted by Crippen LogP contribution is 2.12. The lowest BCUT2D eigenvalue weighted by Gasteiger charge is -2.10. The molecule has 0 aliphatic rings. The molecule has 0 aliphatic heterocycles. The maximum Gasteiger partial charge on any atom is 0.124 e. The minimum Gasteiger partial charge on any atom is -0.356 e. The molecule has 17 heavy (non-hydrogen) atoms. The van der Waals surface area contributed by atoms with Gasteiger partial charge >= 0.3 is 0 Å². The molecule has 0 saturated carbocycles. The van der Waals surface area contributed by atoms with E-state index in [4.69, 9.17) is 4.74 Å². The number of hydrogen-bond acceptors (Lipinski definition) is 2. The second kappa shape index (κ2) is 5.64. The average molecular weight is 230 g/mol. The van der Waals surface area contributed by atoms with E-state index in [0.29, 0.717) is 19.3 Å². The topological polar surface area (TPSA) is 27.1 Å². The van der Waals surface area contributed by atoms with Gasteiger partial charge in [0, 0.05) is 18.3 Å². The third kappa shape index (κ3) is 3.17. The fourth-order valence-corrected chi connectivity index (χ4v) is 1.77. The van der Waals surface area contributed by atoms with Crippen LogP contribution >= 0.6 is 0 Å². The molecule has 90 valence electrons. The van der Waals surface area contributed by atoms with Crippen molar-refractivity contribution in [1.82, 2.24) is 9.55 Å². The lowest BCUT2D eigenvalue weighted by Crippen LogP contribution is -2.07. The second-order valence-electron chi connectivity index (χ2n) is 4.37. The van der Waals surface area contributed by atoms with Crippen molar-refractivity contribution in [2.75, 3.05) is 0 Å². The molecule has 0 fully saturated rings. The molecule has 0 unspecified atom stereocenters. The third-order valence-electron chi connectivity index (χ3n) is 2.61. The Hall–Kier alpha value is -1.61. The fourth-order valence-electron chi connectivity index (χ4n) is 1.77. The Kier molecular flexibility index (Phi) is 3.94. The van der Waals surface area contributed by atoms with Gasteiger partial charge in [-0.05, 0) is 5.56 Å². The highest BCUT2D eigenvalue weighted by Gasteiger charge is 2.06. The Morgan fingerprint density at radius 3 is 2.71 bits per heavy atom. The molecule has 3 nitrogen and oxygen atoms in total. The van der Waals surface area contributed by atoms with Crippen LogP contribution in [0, 0.1) is 0 Å². The number of imidazole rings is 1. The summed E-state index contributed by atoms with van der Waals surface area (Å²) < 4.78 is 7.73. The fraction of sp³-hybridized carbons (Fsp3) is 0.357. The standard InChI is InChI=1S/C14H18N2O/c1-12(2)14-15-8-9-16(14)11-17-10-13-6-4-3-5-7-13/h3-9,12H,10-11H2,1-2H3. The first kappa shape index (κ1) is 11.9. The van der Waals surface area contributed by atoms with E-state index in [2.05, 4.69) is 31.0 Å². The molecule has 0 aliphatic carbocycles. The smallest absolute Gasteiger partial charge is 0.124 e. The van der Waals surface area contributed by atoms with Gasteiger partial charge in [-0.25, -0.2) is 4.98 Å². The van der Waals surface area contributed by atoms with Crippen LogP contribution in [0.1, 0.15) is 31.2 Å². The molecular formula is C14H18N2O. The van der Waals surface area contributed by atoms with Gasteiger partial charge in [0.2, 0.25) is 0 Å². The van der Waals surface area contributed by atoms with Gasteiger partial charge in [-0.3, -0.25) is 0 Å². The minimum atomic E-state index is 0.422. The van der Waals surface area contributed by atoms with E-state index in [-0.39, 0.29) is 0 Å². The molecule has 0 atom stereocenters. The summed E-state index contributed by atoms with van der Waals surface area (Å²) in [5, 5.41) is 0. The zero-order valence-electron chi connectivity index (χ0n) is 10.3. The number of nitrogens with zero attached hydrogens (tertiary/aromatic N) is 2. The Morgan fingerprint density at radius 1 is 1.24 bits per heavy atom. The maximum atomic E-state index is 5.68. The monoisotopic (exact) mass is 230 g/mol. The van der Waals surface area contributed by atoms with Crippen LogP contribution in [0.4, 0.5) is 0 Å². The Balaban J connectivity index is 1.88. The predicted octanol–water partition coefficient (Wildman–Crippen LogP) is 3.18. The molecule has 2 aromatic rings. The number of hydrogen-bond donors (Lipinski definition) is 0. The summed E-state index contributed by atoms with van der Waals surface area (Å²) in [5.74, 6) is 1.49. The highest BCUT2D eigenvalue weighted by molar-refractivity contribution is 5.13. The Labute approximate surface area is 102 Å². The van der Waals surface area contributed by atoms with Crippen molar-refractivity contribution in [2.24, 2.45) is 0 Å². The van der Waals surface area contributed by atoms with Crippen molar-refractivity contribution in [3.63, 3.8) is 0 Å². The molecule has 1 aromatic heterocycles. The van der Waals surface area contributed by atoms with Crippen LogP contribution in [0.25, 0.3) is 0 Å². The molecule has 0 spiro atoms. The van der Waals surface area contributed by atoms with Crippen LogP contribution in [0.5, 0.6) is 0 Å². The number of benzene rings is 1. The van der Waals surface area contributed by atoms with Crippen LogP contribution in [0.2, 0.25) is 0 Å². The van der Waals surface area contributed by atoms with Crippen molar-refractivity contribution in [1.29, 1.82) is 0 Å². The molecule has 1 aromatic carbocycles. The van der Waals surface area contributed by atoms with Gasteiger partial charge in [-0.15, -0.1) is 0 Å². The van der Waals surface area contributed by atoms with E-state index in [9.17, 15) is 0 Å². The van der Waals surface area contributed by atoms with Crippen LogP contribution < -0.4 is 0 Å². The van der Waals surface area contributed by atoms with E-state index >= 15 is 0 Å². The molecule has 0 saturated heterocycles. The maximum absolute atomic E-state index is 5.68. The highest BCUT2D eigenvalue weighted by atomic mass is 16.5. The summed E-state index contributed by atoms with van der Waals surface area (Å²) in [4.78, 5) is 4.32. The first-order valence-electron chi connectivity index (χ1n) is 5.90. The van der Waals surface area contributed by atoms with E-state index < -0.39 is 0 Å². The third-order valence-corrected chi connectivity index (χ3v) is 2.61. The van der Waals surface area contributed by atoms with Gasteiger partial charge in [-0.2, -0.15) is 0 Å². The molecule has 0 radical (unpaired) electrons. The molecule has 3 heteroatoms. The average Bonchev–Trinajstić information content (AvgIpc) is 2.79. The first-order valence-corrected chi connectivity index (χ1v) is 5.90. The summed E-state index contributed by atoms with van der Waals surface area (Å²) in [5.41, 5.74) is 1.19. The van der Waals surface area contributed by atoms with Crippen molar-refractivity contribution >= 4 is 0 Å². The van der Waals surface area contributed by atoms with Gasteiger partial charge in [0.05, 0.1) is 6.61 Å². The van der Waals surface area contributed by atoms with Gasteiger partial charge in [0.1, 0.15) is 12.6 Å². The zero-order chi connectivity index (χ0) is 12.1.